The second-order valence-corrected chi connectivity index (χ2v) is 9.48. The van der Waals surface area contributed by atoms with Crippen molar-refractivity contribution in [1.82, 2.24) is 20.9 Å². The summed E-state index contributed by atoms with van der Waals surface area (Å²) < 4.78 is 5.32. The lowest BCUT2D eigenvalue weighted by atomic mass is 9.84. The molecule has 0 aromatic rings. The molecular weight excluding hydrogens is 485 g/mol. The van der Waals surface area contributed by atoms with E-state index in [0.717, 1.165) is 25.7 Å². The normalized spacial score (nSPS) is 16.5. The first-order chi connectivity index (χ1) is 12.8. The number of aliphatic imine (C=N–C) groups is 1. The number of hydrogen-bond acceptors (Lipinski definition) is 4. The monoisotopic (exact) mass is 525 g/mol. The number of carbonyl (C=O) groups is 2. The molecule has 9 heteroatoms. The highest BCUT2D eigenvalue weighted by Crippen LogP contribution is 2.38. The SMILES string of the molecule is CN=C(NCC(C)(C)NC(=O)OC(C)(C)C)NCC1(C(=O)N(C)C)CCCC1.I. The van der Waals surface area contributed by atoms with Crippen molar-refractivity contribution in [3.8, 4) is 0 Å². The number of hydrogen-bond donors (Lipinski definition) is 3. The topological polar surface area (TPSA) is 95.1 Å². The predicted molar refractivity (Wildman–Crippen MR) is 128 cm³/mol. The van der Waals surface area contributed by atoms with E-state index in [2.05, 4.69) is 20.9 Å². The molecule has 0 unspecified atom stereocenters. The summed E-state index contributed by atoms with van der Waals surface area (Å²) in [5, 5.41) is 9.39. The molecular formula is C20H40IN5O3. The molecule has 8 nitrogen and oxygen atoms in total. The molecule has 1 fully saturated rings. The predicted octanol–water partition coefficient (Wildman–Crippen LogP) is 2.72. The highest BCUT2D eigenvalue weighted by Gasteiger charge is 2.42. The van der Waals surface area contributed by atoms with Crippen LogP contribution in [0.3, 0.4) is 0 Å². The largest absolute Gasteiger partial charge is 0.444 e. The highest BCUT2D eigenvalue weighted by molar-refractivity contribution is 14.0. The second kappa shape index (κ2) is 11.2. The Morgan fingerprint density at radius 1 is 1.07 bits per heavy atom. The van der Waals surface area contributed by atoms with Gasteiger partial charge in [-0.1, -0.05) is 12.8 Å². The standard InChI is InChI=1S/C20H39N5O3.HI/c1-18(2,3)28-17(27)24-19(4,5)13-22-16(21-6)23-14-20(11-9-10-12-20)15(26)25(7)8;/h9-14H2,1-8H3,(H,24,27)(H2,21,22,23);1H. The van der Waals surface area contributed by atoms with Crippen molar-refractivity contribution in [2.24, 2.45) is 10.4 Å². The van der Waals surface area contributed by atoms with Crippen molar-refractivity contribution >= 4 is 41.9 Å². The van der Waals surface area contributed by atoms with E-state index in [1.807, 2.05) is 34.6 Å². The highest BCUT2D eigenvalue weighted by atomic mass is 127. The number of alkyl carbamates (subject to hydrolysis) is 1. The fourth-order valence-corrected chi connectivity index (χ4v) is 3.39. The van der Waals surface area contributed by atoms with Gasteiger partial charge in [-0.05, 0) is 47.5 Å². The van der Waals surface area contributed by atoms with Gasteiger partial charge in [-0.25, -0.2) is 4.79 Å². The van der Waals surface area contributed by atoms with E-state index in [4.69, 9.17) is 4.74 Å². The third-order valence-corrected chi connectivity index (χ3v) is 4.78. The van der Waals surface area contributed by atoms with Crippen LogP contribution in [0.1, 0.15) is 60.3 Å². The molecule has 0 radical (unpaired) electrons. The molecule has 0 aromatic carbocycles. The van der Waals surface area contributed by atoms with Gasteiger partial charge < -0.3 is 25.6 Å². The Labute approximate surface area is 193 Å². The van der Waals surface area contributed by atoms with Crippen LogP contribution in [0, 0.1) is 5.41 Å². The minimum absolute atomic E-state index is 0. The van der Waals surface area contributed by atoms with Gasteiger partial charge in [0, 0.05) is 34.2 Å². The maximum atomic E-state index is 12.7. The Morgan fingerprint density at radius 3 is 2.07 bits per heavy atom. The summed E-state index contributed by atoms with van der Waals surface area (Å²) >= 11 is 0. The van der Waals surface area contributed by atoms with Gasteiger partial charge in [-0.2, -0.15) is 0 Å². The zero-order valence-corrected chi connectivity index (χ0v) is 21.6. The van der Waals surface area contributed by atoms with Crippen molar-refractivity contribution in [2.45, 2.75) is 71.4 Å². The van der Waals surface area contributed by atoms with Crippen LogP contribution in [0.25, 0.3) is 0 Å². The van der Waals surface area contributed by atoms with Crippen LogP contribution in [0.15, 0.2) is 4.99 Å². The van der Waals surface area contributed by atoms with Crippen LogP contribution in [-0.2, 0) is 9.53 Å². The van der Waals surface area contributed by atoms with Gasteiger partial charge in [0.2, 0.25) is 5.91 Å². The minimum Gasteiger partial charge on any atom is -0.444 e. The van der Waals surface area contributed by atoms with Gasteiger partial charge in [0.1, 0.15) is 5.60 Å². The molecule has 0 spiro atoms. The summed E-state index contributed by atoms with van der Waals surface area (Å²) in [6.45, 7) is 10.3. The Morgan fingerprint density at radius 2 is 1.62 bits per heavy atom. The van der Waals surface area contributed by atoms with Crippen LogP contribution < -0.4 is 16.0 Å². The first-order valence-corrected chi connectivity index (χ1v) is 9.98. The molecule has 3 N–H and O–H groups in total. The maximum Gasteiger partial charge on any atom is 0.408 e. The summed E-state index contributed by atoms with van der Waals surface area (Å²) in [6.07, 6.45) is 3.46. The van der Waals surface area contributed by atoms with Crippen molar-refractivity contribution in [2.75, 3.05) is 34.2 Å². The lowest BCUT2D eigenvalue weighted by Gasteiger charge is -2.32. The van der Waals surface area contributed by atoms with Crippen molar-refractivity contribution < 1.29 is 14.3 Å². The van der Waals surface area contributed by atoms with Crippen LogP contribution >= 0.6 is 24.0 Å². The third kappa shape index (κ3) is 9.39. The van der Waals surface area contributed by atoms with Gasteiger partial charge in [-0.3, -0.25) is 9.79 Å². The molecule has 1 aliphatic rings. The first-order valence-electron chi connectivity index (χ1n) is 9.98. The Kier molecular flexibility index (Phi) is 10.7. The van der Waals surface area contributed by atoms with Gasteiger partial charge in [0.15, 0.2) is 5.96 Å². The maximum absolute atomic E-state index is 12.7. The summed E-state index contributed by atoms with van der Waals surface area (Å²) in [4.78, 5) is 30.6. The number of nitrogens with one attached hydrogen (secondary N) is 3. The molecule has 170 valence electrons. The third-order valence-electron chi connectivity index (χ3n) is 4.78. The molecule has 0 bridgehead atoms. The molecule has 1 saturated carbocycles. The molecule has 2 amide bonds. The zero-order chi connectivity index (χ0) is 21.6. The van der Waals surface area contributed by atoms with E-state index in [9.17, 15) is 9.59 Å². The number of carbonyl (C=O) groups excluding carboxylic acids is 2. The van der Waals surface area contributed by atoms with Crippen LogP contribution in [0.2, 0.25) is 0 Å². The van der Waals surface area contributed by atoms with E-state index in [1.54, 1.807) is 26.0 Å². The fraction of sp³-hybridized carbons (Fsp3) is 0.850. The Hall–Kier alpha value is -1.26. The molecule has 0 saturated heterocycles. The quantitative estimate of drug-likeness (QED) is 0.282. The minimum atomic E-state index is -0.542. The molecule has 0 aliphatic heterocycles. The molecule has 0 aromatic heterocycles. The zero-order valence-electron chi connectivity index (χ0n) is 19.3. The molecule has 0 heterocycles. The van der Waals surface area contributed by atoms with Crippen LogP contribution in [0.4, 0.5) is 4.79 Å². The van der Waals surface area contributed by atoms with E-state index >= 15 is 0 Å². The lowest BCUT2D eigenvalue weighted by Crippen LogP contribution is -2.55. The molecule has 1 rings (SSSR count). The van der Waals surface area contributed by atoms with Crippen molar-refractivity contribution in [1.29, 1.82) is 0 Å². The van der Waals surface area contributed by atoms with E-state index in [-0.39, 0.29) is 35.3 Å². The van der Waals surface area contributed by atoms with Gasteiger partial charge in [0.05, 0.1) is 11.0 Å². The number of rotatable bonds is 6. The number of halogens is 1. The number of nitrogens with zero attached hydrogens (tertiary/aromatic N) is 2. The summed E-state index contributed by atoms with van der Waals surface area (Å²) in [7, 11) is 5.30. The molecule has 1 aliphatic carbocycles. The van der Waals surface area contributed by atoms with Gasteiger partial charge in [0.25, 0.3) is 0 Å². The van der Waals surface area contributed by atoms with Crippen molar-refractivity contribution in [3.05, 3.63) is 0 Å². The van der Waals surface area contributed by atoms with Crippen LogP contribution in [-0.4, -0.2) is 68.2 Å². The van der Waals surface area contributed by atoms with E-state index in [0.29, 0.717) is 19.0 Å². The molecule has 0 atom stereocenters. The lowest BCUT2D eigenvalue weighted by molar-refractivity contribution is -0.138. The Balaban J connectivity index is 0.00000784. The van der Waals surface area contributed by atoms with E-state index < -0.39 is 17.2 Å². The average molecular weight is 525 g/mol. The number of ether oxygens (including phenoxy) is 1. The van der Waals surface area contributed by atoms with Gasteiger partial charge >= 0.3 is 6.09 Å². The summed E-state index contributed by atoms with van der Waals surface area (Å²) in [5.74, 6) is 0.775. The Bertz CT molecular complexity index is 579. The van der Waals surface area contributed by atoms with Crippen molar-refractivity contribution in [3.63, 3.8) is 0 Å². The van der Waals surface area contributed by atoms with Gasteiger partial charge in [-0.15, -0.1) is 24.0 Å². The van der Waals surface area contributed by atoms with E-state index in [1.165, 1.54) is 0 Å². The molecule has 29 heavy (non-hydrogen) atoms. The average Bonchev–Trinajstić information content (AvgIpc) is 3.01. The fourth-order valence-electron chi connectivity index (χ4n) is 3.39. The smallest absolute Gasteiger partial charge is 0.408 e. The van der Waals surface area contributed by atoms with Crippen LogP contribution in [0.5, 0.6) is 0 Å². The second-order valence-electron chi connectivity index (χ2n) is 9.48. The summed E-state index contributed by atoms with van der Waals surface area (Å²) in [5.41, 5.74) is -1.45. The number of amides is 2. The summed E-state index contributed by atoms with van der Waals surface area (Å²) in [6, 6.07) is 0. The number of guanidine groups is 1. The first kappa shape index (κ1) is 27.7.